The summed E-state index contributed by atoms with van der Waals surface area (Å²) >= 11 is 1.34. The number of hydrogen-bond donors (Lipinski definition) is 1. The van der Waals surface area contributed by atoms with Crippen LogP contribution in [0.3, 0.4) is 0 Å². The van der Waals surface area contributed by atoms with Gasteiger partial charge in [-0.25, -0.2) is 13.2 Å². The minimum atomic E-state index is -3.49. The van der Waals surface area contributed by atoms with Gasteiger partial charge in [-0.05, 0) is 61.2 Å². The first-order chi connectivity index (χ1) is 14.7. The highest BCUT2D eigenvalue weighted by atomic mass is 32.2. The molecule has 31 heavy (non-hydrogen) atoms. The fourth-order valence-corrected chi connectivity index (χ4v) is 6.09. The van der Waals surface area contributed by atoms with E-state index in [1.165, 1.54) is 24.7 Å². The molecule has 3 rings (SSSR count). The van der Waals surface area contributed by atoms with Crippen molar-refractivity contribution < 1.29 is 17.9 Å². The van der Waals surface area contributed by atoms with Crippen molar-refractivity contribution in [3.8, 4) is 0 Å². The van der Waals surface area contributed by atoms with Gasteiger partial charge in [-0.15, -0.1) is 11.3 Å². The number of aromatic nitrogens is 1. The van der Waals surface area contributed by atoms with Crippen molar-refractivity contribution in [2.24, 2.45) is 0 Å². The first-order valence-electron chi connectivity index (χ1n) is 9.93. The molecular weight excluding hydrogens is 432 g/mol. The molecule has 0 aliphatic carbocycles. The van der Waals surface area contributed by atoms with Crippen molar-refractivity contribution >= 4 is 32.8 Å². The molecule has 2 heterocycles. The number of thiophene rings is 1. The van der Waals surface area contributed by atoms with Crippen LogP contribution in [-0.4, -0.2) is 46.8 Å². The summed E-state index contributed by atoms with van der Waals surface area (Å²) in [5.41, 5.74) is 2.69. The van der Waals surface area contributed by atoms with Gasteiger partial charge in [0, 0.05) is 42.8 Å². The maximum atomic E-state index is 13.2. The SMILES string of the molecule is COC(=O)c1ccc(CCC(Cc2ccc(N(C)C)cc2)(c2ccc[nH]2)S(C)(=O)=O)s1. The number of ether oxygens (including phenoxy) is 1. The van der Waals surface area contributed by atoms with E-state index in [4.69, 9.17) is 4.74 Å². The van der Waals surface area contributed by atoms with Crippen LogP contribution in [0.2, 0.25) is 0 Å². The molecule has 0 amide bonds. The maximum Gasteiger partial charge on any atom is 0.348 e. The lowest BCUT2D eigenvalue weighted by molar-refractivity contribution is 0.0606. The van der Waals surface area contributed by atoms with Gasteiger partial charge in [0.05, 0.1) is 7.11 Å². The van der Waals surface area contributed by atoms with Crippen molar-refractivity contribution in [3.63, 3.8) is 0 Å². The van der Waals surface area contributed by atoms with Crippen molar-refractivity contribution in [3.05, 3.63) is 75.7 Å². The fraction of sp³-hybridized carbons (Fsp3) is 0.348. The molecule has 1 atom stereocenters. The van der Waals surface area contributed by atoms with E-state index in [1.807, 2.05) is 61.5 Å². The summed E-state index contributed by atoms with van der Waals surface area (Å²) in [6.07, 6.45) is 4.34. The van der Waals surface area contributed by atoms with Gasteiger partial charge in [0.25, 0.3) is 0 Å². The lowest BCUT2D eigenvalue weighted by Gasteiger charge is -2.32. The highest BCUT2D eigenvalue weighted by molar-refractivity contribution is 7.91. The Kier molecular flexibility index (Phi) is 6.91. The van der Waals surface area contributed by atoms with Crippen LogP contribution in [0, 0.1) is 0 Å². The zero-order valence-electron chi connectivity index (χ0n) is 18.2. The number of hydrogen-bond acceptors (Lipinski definition) is 6. The van der Waals surface area contributed by atoms with Crippen LogP contribution in [0.4, 0.5) is 5.69 Å². The van der Waals surface area contributed by atoms with Gasteiger partial charge in [-0.3, -0.25) is 0 Å². The molecule has 2 aromatic heterocycles. The fourth-order valence-electron chi connectivity index (χ4n) is 3.74. The number of nitrogens with zero attached hydrogens (tertiary/aromatic N) is 1. The number of esters is 1. The van der Waals surface area contributed by atoms with Crippen LogP contribution in [0.1, 0.15) is 32.2 Å². The minimum Gasteiger partial charge on any atom is -0.465 e. The van der Waals surface area contributed by atoms with Crippen LogP contribution in [0.5, 0.6) is 0 Å². The van der Waals surface area contributed by atoms with E-state index in [2.05, 4.69) is 4.98 Å². The van der Waals surface area contributed by atoms with Gasteiger partial charge in [0.2, 0.25) is 0 Å². The molecule has 3 aromatic rings. The second-order valence-electron chi connectivity index (χ2n) is 7.85. The number of aromatic amines is 1. The summed E-state index contributed by atoms with van der Waals surface area (Å²) in [5, 5.41) is 0. The third-order valence-electron chi connectivity index (χ3n) is 5.56. The number of sulfone groups is 1. The molecule has 0 saturated carbocycles. The normalized spacial score (nSPS) is 13.5. The van der Waals surface area contributed by atoms with E-state index in [0.29, 0.717) is 29.8 Å². The molecule has 0 bridgehead atoms. The summed E-state index contributed by atoms with van der Waals surface area (Å²) in [4.78, 5) is 18.4. The molecule has 1 aromatic carbocycles. The molecule has 0 spiro atoms. The van der Waals surface area contributed by atoms with Crippen LogP contribution >= 0.6 is 11.3 Å². The summed E-state index contributed by atoms with van der Waals surface area (Å²) in [5.74, 6) is -0.379. The van der Waals surface area contributed by atoms with E-state index in [1.54, 1.807) is 12.3 Å². The van der Waals surface area contributed by atoms with Crippen molar-refractivity contribution in [1.82, 2.24) is 4.98 Å². The minimum absolute atomic E-state index is 0.356. The predicted molar refractivity (Wildman–Crippen MR) is 126 cm³/mol. The van der Waals surface area contributed by atoms with E-state index in [-0.39, 0.29) is 5.97 Å². The molecule has 0 saturated heterocycles. The number of carbonyl (C=O) groups is 1. The van der Waals surface area contributed by atoms with Crippen LogP contribution in [-0.2, 0) is 32.2 Å². The first kappa shape index (κ1) is 23.1. The lowest BCUT2D eigenvalue weighted by atomic mass is 9.90. The quantitative estimate of drug-likeness (QED) is 0.488. The Morgan fingerprint density at radius 2 is 1.84 bits per heavy atom. The molecule has 0 aliphatic heterocycles. The topological polar surface area (TPSA) is 79.5 Å². The summed E-state index contributed by atoms with van der Waals surface area (Å²) in [7, 11) is 1.80. The highest BCUT2D eigenvalue weighted by Crippen LogP contribution is 2.38. The number of rotatable bonds is 9. The predicted octanol–water partition coefficient (Wildman–Crippen LogP) is 4.04. The zero-order chi connectivity index (χ0) is 22.6. The maximum absolute atomic E-state index is 13.2. The van der Waals surface area contributed by atoms with Gasteiger partial charge in [0.15, 0.2) is 9.84 Å². The van der Waals surface area contributed by atoms with Gasteiger partial charge in [-0.1, -0.05) is 12.1 Å². The number of methoxy groups -OCH3 is 1. The Hall–Kier alpha value is -2.58. The molecule has 1 unspecified atom stereocenters. The van der Waals surface area contributed by atoms with Crippen molar-refractivity contribution in [1.29, 1.82) is 0 Å². The molecule has 0 fully saturated rings. The number of benzene rings is 1. The second kappa shape index (κ2) is 9.28. The molecular formula is C23H28N2O4S2. The van der Waals surface area contributed by atoms with E-state index < -0.39 is 14.6 Å². The van der Waals surface area contributed by atoms with Gasteiger partial charge >= 0.3 is 5.97 Å². The van der Waals surface area contributed by atoms with E-state index in [9.17, 15) is 13.2 Å². The van der Waals surface area contributed by atoms with Gasteiger partial charge in [-0.2, -0.15) is 0 Å². The van der Waals surface area contributed by atoms with Crippen LogP contribution < -0.4 is 4.90 Å². The van der Waals surface area contributed by atoms with Crippen LogP contribution in [0.25, 0.3) is 0 Å². The monoisotopic (exact) mass is 460 g/mol. The van der Waals surface area contributed by atoms with Gasteiger partial charge in [0.1, 0.15) is 9.62 Å². The van der Waals surface area contributed by atoms with Gasteiger partial charge < -0.3 is 14.6 Å². The standard InChI is InChI=1S/C23H28N2O4S2/c1-25(2)18-9-7-17(8-10-18)16-23(31(4,27)28,21-6-5-15-24-21)14-13-19-11-12-20(30-19)22(26)29-3/h5-12,15,24H,13-14,16H2,1-4H3. The summed E-state index contributed by atoms with van der Waals surface area (Å²) < 4.78 is 30.1. The van der Waals surface area contributed by atoms with Crippen molar-refractivity contribution in [2.45, 2.75) is 24.0 Å². The summed E-state index contributed by atoms with van der Waals surface area (Å²) in [6, 6.07) is 15.2. The Labute approximate surface area is 187 Å². The number of anilines is 1. The third-order valence-corrected chi connectivity index (χ3v) is 8.68. The zero-order valence-corrected chi connectivity index (χ0v) is 19.8. The number of aryl methyl sites for hydroxylation is 1. The number of nitrogens with one attached hydrogen (secondary N) is 1. The second-order valence-corrected chi connectivity index (χ2v) is 11.3. The molecule has 166 valence electrons. The lowest BCUT2D eigenvalue weighted by Crippen LogP contribution is -2.38. The molecule has 0 aliphatic rings. The van der Waals surface area contributed by atoms with Crippen LogP contribution in [0.15, 0.2) is 54.7 Å². The largest absolute Gasteiger partial charge is 0.465 e. The Morgan fingerprint density at radius 1 is 1.13 bits per heavy atom. The highest BCUT2D eigenvalue weighted by Gasteiger charge is 2.43. The number of H-pyrrole nitrogens is 1. The molecule has 0 radical (unpaired) electrons. The Morgan fingerprint density at radius 3 is 2.39 bits per heavy atom. The average molecular weight is 461 g/mol. The summed E-state index contributed by atoms with van der Waals surface area (Å²) in [6.45, 7) is 0. The Balaban J connectivity index is 1.96. The average Bonchev–Trinajstić information content (AvgIpc) is 3.42. The molecule has 6 nitrogen and oxygen atoms in total. The van der Waals surface area contributed by atoms with Crippen molar-refractivity contribution in [2.75, 3.05) is 32.4 Å². The molecule has 8 heteroatoms. The van der Waals surface area contributed by atoms with E-state index >= 15 is 0 Å². The molecule has 1 N–H and O–H groups in total. The first-order valence-corrected chi connectivity index (χ1v) is 12.6. The number of carbonyl (C=O) groups excluding carboxylic acids is 1. The Bertz CT molecular complexity index is 1120. The third kappa shape index (κ3) is 5.02. The van der Waals surface area contributed by atoms with E-state index in [0.717, 1.165) is 16.1 Å². The smallest absolute Gasteiger partial charge is 0.348 e.